The van der Waals surface area contributed by atoms with Gasteiger partial charge in [-0.3, -0.25) is 0 Å². The summed E-state index contributed by atoms with van der Waals surface area (Å²) >= 11 is 0. The van der Waals surface area contributed by atoms with Gasteiger partial charge < -0.3 is 20.3 Å². The summed E-state index contributed by atoms with van der Waals surface area (Å²) in [6.45, 7) is 5.53. The third kappa shape index (κ3) is 5.38. The van der Waals surface area contributed by atoms with Crippen molar-refractivity contribution in [2.24, 2.45) is 5.92 Å². The van der Waals surface area contributed by atoms with Gasteiger partial charge in [0, 0.05) is 25.5 Å². The minimum absolute atomic E-state index is 0.0125. The second kappa shape index (κ2) is 9.08. The summed E-state index contributed by atoms with van der Waals surface area (Å²) < 4.78 is 2.05. The van der Waals surface area contributed by atoms with E-state index in [4.69, 9.17) is 0 Å². The van der Waals surface area contributed by atoms with Gasteiger partial charge in [-0.15, -0.1) is 0 Å². The Hall–Kier alpha value is -2.34. The Morgan fingerprint density at radius 2 is 2.04 bits per heavy atom. The molecular weight excluding hydrogens is 304 g/mol. The van der Waals surface area contributed by atoms with Crippen molar-refractivity contribution in [1.82, 2.24) is 20.2 Å². The third-order valence-corrected chi connectivity index (χ3v) is 3.70. The first kappa shape index (κ1) is 18.0. The van der Waals surface area contributed by atoms with E-state index in [0.717, 1.165) is 17.9 Å². The van der Waals surface area contributed by atoms with Crippen LogP contribution in [0.5, 0.6) is 0 Å². The average Bonchev–Trinajstić information content (AvgIpc) is 3.00. The summed E-state index contributed by atoms with van der Waals surface area (Å²) in [5, 5.41) is 15.0. The number of amides is 2. The molecule has 1 aromatic carbocycles. The molecule has 2 aromatic rings. The van der Waals surface area contributed by atoms with Crippen molar-refractivity contribution in [1.29, 1.82) is 0 Å². The molecule has 0 saturated carbocycles. The maximum atomic E-state index is 12.2. The predicted molar refractivity (Wildman–Crippen MR) is 93.3 cm³/mol. The van der Waals surface area contributed by atoms with E-state index in [2.05, 4.69) is 29.5 Å². The number of nitrogens with one attached hydrogen (secondary N) is 2. The molecule has 0 unspecified atom stereocenters. The van der Waals surface area contributed by atoms with Crippen molar-refractivity contribution in [2.75, 3.05) is 6.61 Å². The monoisotopic (exact) mass is 330 g/mol. The van der Waals surface area contributed by atoms with Crippen LogP contribution < -0.4 is 10.6 Å². The molecule has 0 fully saturated rings. The van der Waals surface area contributed by atoms with Crippen molar-refractivity contribution in [2.45, 2.75) is 39.4 Å². The minimum Gasteiger partial charge on any atom is -0.396 e. The van der Waals surface area contributed by atoms with Crippen LogP contribution in [0.15, 0.2) is 42.7 Å². The maximum Gasteiger partial charge on any atom is 0.315 e. The highest BCUT2D eigenvalue weighted by atomic mass is 16.3. The number of urea groups is 1. The van der Waals surface area contributed by atoms with Crippen LogP contribution in [-0.4, -0.2) is 27.3 Å². The van der Waals surface area contributed by atoms with Gasteiger partial charge >= 0.3 is 6.03 Å². The molecule has 130 valence electrons. The van der Waals surface area contributed by atoms with Gasteiger partial charge in [0.1, 0.15) is 5.82 Å². The van der Waals surface area contributed by atoms with E-state index in [1.807, 2.05) is 41.1 Å². The Balaban J connectivity index is 1.91. The van der Waals surface area contributed by atoms with Crippen LogP contribution in [0.2, 0.25) is 0 Å². The van der Waals surface area contributed by atoms with Gasteiger partial charge in [-0.25, -0.2) is 9.78 Å². The van der Waals surface area contributed by atoms with E-state index < -0.39 is 0 Å². The van der Waals surface area contributed by atoms with E-state index in [1.54, 1.807) is 6.20 Å². The predicted octanol–water partition coefficient (Wildman–Crippen LogP) is 2.46. The van der Waals surface area contributed by atoms with Crippen LogP contribution in [0.4, 0.5) is 4.79 Å². The fourth-order valence-corrected chi connectivity index (χ4v) is 2.57. The normalized spacial score (nSPS) is 12.2. The molecule has 1 aromatic heterocycles. The van der Waals surface area contributed by atoms with E-state index >= 15 is 0 Å². The van der Waals surface area contributed by atoms with Gasteiger partial charge in [0.05, 0.1) is 12.6 Å². The number of imidazole rings is 1. The first-order valence-electron chi connectivity index (χ1n) is 8.30. The highest BCUT2D eigenvalue weighted by molar-refractivity contribution is 5.74. The number of aromatic nitrogens is 2. The van der Waals surface area contributed by atoms with Gasteiger partial charge in [-0.2, -0.15) is 0 Å². The van der Waals surface area contributed by atoms with Crippen molar-refractivity contribution >= 4 is 6.03 Å². The lowest BCUT2D eigenvalue weighted by molar-refractivity contribution is 0.228. The molecule has 0 aliphatic heterocycles. The van der Waals surface area contributed by atoms with Gasteiger partial charge in [0.25, 0.3) is 0 Å². The lowest BCUT2D eigenvalue weighted by Crippen LogP contribution is -2.38. The molecule has 24 heavy (non-hydrogen) atoms. The van der Waals surface area contributed by atoms with Crippen LogP contribution >= 0.6 is 0 Å². The van der Waals surface area contributed by atoms with Gasteiger partial charge in [0.2, 0.25) is 0 Å². The van der Waals surface area contributed by atoms with Crippen molar-refractivity contribution in [3.8, 4) is 0 Å². The van der Waals surface area contributed by atoms with E-state index in [1.165, 1.54) is 0 Å². The standard InChI is InChI=1S/C18H26N4O2/c1-14(2)13-22-10-9-19-17(22)12-20-18(24)21-16(8-11-23)15-6-4-3-5-7-15/h3-7,9-10,14,16,23H,8,11-13H2,1-2H3,(H2,20,21,24)/t16-/m1/s1. The highest BCUT2D eigenvalue weighted by Crippen LogP contribution is 2.15. The van der Waals surface area contributed by atoms with Crippen LogP contribution in [0, 0.1) is 5.92 Å². The van der Waals surface area contributed by atoms with Crippen LogP contribution in [0.1, 0.15) is 37.7 Å². The van der Waals surface area contributed by atoms with Crippen LogP contribution in [0.3, 0.4) is 0 Å². The minimum atomic E-state index is -0.267. The summed E-state index contributed by atoms with van der Waals surface area (Å²) in [5.74, 6) is 1.34. The number of rotatable bonds is 8. The number of benzene rings is 1. The Kier molecular flexibility index (Phi) is 6.81. The van der Waals surface area contributed by atoms with E-state index in [9.17, 15) is 9.90 Å². The lowest BCUT2D eigenvalue weighted by atomic mass is 10.0. The number of aliphatic hydroxyl groups is 1. The molecular formula is C18H26N4O2. The number of hydrogen-bond acceptors (Lipinski definition) is 3. The number of carbonyl (C=O) groups excluding carboxylic acids is 1. The Labute approximate surface area is 142 Å². The molecule has 0 spiro atoms. The van der Waals surface area contributed by atoms with Crippen molar-refractivity contribution in [3.05, 3.63) is 54.1 Å². The summed E-state index contributed by atoms with van der Waals surface area (Å²) in [4.78, 5) is 16.5. The largest absolute Gasteiger partial charge is 0.396 e. The molecule has 3 N–H and O–H groups in total. The average molecular weight is 330 g/mol. The van der Waals surface area contributed by atoms with Crippen LogP contribution in [-0.2, 0) is 13.1 Å². The smallest absolute Gasteiger partial charge is 0.315 e. The molecule has 2 rings (SSSR count). The summed E-state index contributed by atoms with van der Waals surface area (Å²) in [7, 11) is 0. The molecule has 0 aliphatic rings. The number of aliphatic hydroxyl groups excluding tert-OH is 1. The van der Waals surface area contributed by atoms with Crippen LogP contribution in [0.25, 0.3) is 0 Å². The van der Waals surface area contributed by atoms with Gasteiger partial charge in [0.15, 0.2) is 0 Å². The summed E-state index contributed by atoms with van der Waals surface area (Å²) in [6.07, 6.45) is 4.14. The zero-order valence-corrected chi connectivity index (χ0v) is 14.3. The second-order valence-electron chi connectivity index (χ2n) is 6.19. The number of hydrogen-bond donors (Lipinski definition) is 3. The summed E-state index contributed by atoms with van der Waals surface area (Å²) in [6, 6.07) is 9.16. The Bertz CT molecular complexity index is 625. The van der Waals surface area contributed by atoms with Gasteiger partial charge in [-0.05, 0) is 17.9 Å². The molecule has 0 bridgehead atoms. The quantitative estimate of drug-likeness (QED) is 0.695. The summed E-state index contributed by atoms with van der Waals surface area (Å²) in [5.41, 5.74) is 0.975. The highest BCUT2D eigenvalue weighted by Gasteiger charge is 2.14. The molecule has 0 radical (unpaired) electrons. The molecule has 1 heterocycles. The van der Waals surface area contributed by atoms with Crippen molar-refractivity contribution < 1.29 is 9.90 Å². The second-order valence-corrected chi connectivity index (χ2v) is 6.19. The number of nitrogens with zero attached hydrogens (tertiary/aromatic N) is 2. The molecule has 6 heteroatoms. The SMILES string of the molecule is CC(C)Cn1ccnc1CNC(=O)N[C@H](CCO)c1ccccc1. The maximum absolute atomic E-state index is 12.2. The fraction of sp³-hybridized carbons (Fsp3) is 0.444. The molecule has 2 amide bonds. The topological polar surface area (TPSA) is 79.2 Å². The fourth-order valence-electron chi connectivity index (χ4n) is 2.57. The van der Waals surface area contributed by atoms with Gasteiger partial charge in [-0.1, -0.05) is 44.2 Å². The first-order valence-corrected chi connectivity index (χ1v) is 8.30. The van der Waals surface area contributed by atoms with E-state index in [0.29, 0.717) is 18.9 Å². The van der Waals surface area contributed by atoms with E-state index in [-0.39, 0.29) is 18.7 Å². The lowest BCUT2D eigenvalue weighted by Gasteiger charge is -2.19. The molecule has 6 nitrogen and oxygen atoms in total. The number of carbonyl (C=O) groups is 1. The zero-order chi connectivity index (χ0) is 17.4. The first-order chi connectivity index (χ1) is 11.6. The Morgan fingerprint density at radius 3 is 2.71 bits per heavy atom. The molecule has 1 atom stereocenters. The molecule has 0 saturated heterocycles. The Morgan fingerprint density at radius 1 is 1.29 bits per heavy atom. The van der Waals surface area contributed by atoms with Crippen molar-refractivity contribution in [3.63, 3.8) is 0 Å². The molecule has 0 aliphatic carbocycles. The zero-order valence-electron chi connectivity index (χ0n) is 14.3. The third-order valence-electron chi connectivity index (χ3n) is 3.70.